The van der Waals surface area contributed by atoms with E-state index >= 15 is 0 Å². The molecule has 6 heteroatoms. The van der Waals surface area contributed by atoms with Gasteiger partial charge in [-0.2, -0.15) is 0 Å². The highest BCUT2D eigenvalue weighted by Crippen LogP contribution is 2.54. The zero-order valence-electron chi connectivity index (χ0n) is 12.4. The molecule has 0 aromatic carbocycles. The molecule has 0 rings (SSSR count). The standard InChI is InChI=1S/C10H29N4PSi/c1-12(2)15(13(3)4,14(5)6)11-10-16(7,8)9/h10H2,1-9H3. The van der Waals surface area contributed by atoms with Gasteiger partial charge in [0.15, 0.2) is 7.51 Å². The molecule has 0 N–H and O–H groups in total. The molecule has 0 saturated heterocycles. The minimum atomic E-state index is -1.65. The first kappa shape index (κ1) is 16.3. The molecule has 98 valence electrons. The van der Waals surface area contributed by atoms with Gasteiger partial charge in [-0.05, 0) is 42.3 Å². The fourth-order valence-corrected chi connectivity index (χ4v) is 7.12. The molecule has 0 saturated carbocycles. The molecule has 0 bridgehead atoms. The summed E-state index contributed by atoms with van der Waals surface area (Å²) in [5, 5.41) is 0. The summed E-state index contributed by atoms with van der Waals surface area (Å²) in [6.07, 6.45) is 1.02. The lowest BCUT2D eigenvalue weighted by Gasteiger charge is -2.41. The van der Waals surface area contributed by atoms with Gasteiger partial charge >= 0.3 is 0 Å². The first-order chi connectivity index (χ1) is 7.04. The van der Waals surface area contributed by atoms with Crippen LogP contribution >= 0.6 is 7.51 Å². The van der Waals surface area contributed by atoms with Crippen LogP contribution in [0.25, 0.3) is 0 Å². The molecule has 0 atom stereocenters. The Morgan fingerprint density at radius 1 is 0.812 bits per heavy atom. The quantitative estimate of drug-likeness (QED) is 0.562. The predicted octanol–water partition coefficient (Wildman–Crippen LogP) is 2.49. The topological polar surface area (TPSA) is 22.1 Å². The summed E-state index contributed by atoms with van der Waals surface area (Å²) in [5.41, 5.74) is 0. The van der Waals surface area contributed by atoms with Crippen molar-refractivity contribution in [3.8, 4) is 0 Å². The molecule has 0 unspecified atom stereocenters. The van der Waals surface area contributed by atoms with Crippen LogP contribution in [0.15, 0.2) is 4.74 Å². The Balaban J connectivity index is 5.37. The van der Waals surface area contributed by atoms with E-state index in [1.165, 1.54) is 0 Å². The van der Waals surface area contributed by atoms with E-state index in [4.69, 9.17) is 4.74 Å². The first-order valence-corrected chi connectivity index (χ1v) is 11.0. The van der Waals surface area contributed by atoms with Gasteiger partial charge < -0.3 is 0 Å². The van der Waals surface area contributed by atoms with E-state index in [2.05, 4.69) is 75.9 Å². The molecule has 0 aromatic rings. The minimum absolute atomic E-state index is 1.02. The molecule has 0 aromatic heterocycles. The summed E-state index contributed by atoms with van der Waals surface area (Å²) < 4.78 is 11.9. The van der Waals surface area contributed by atoms with E-state index in [0.717, 1.165) is 6.17 Å². The van der Waals surface area contributed by atoms with Crippen LogP contribution in [0.2, 0.25) is 19.6 Å². The Labute approximate surface area is 103 Å². The SMILES string of the molecule is CN(C)P(=NC[Si](C)(C)C)(N(C)C)N(C)C. The first-order valence-electron chi connectivity index (χ1n) is 5.65. The highest BCUT2D eigenvalue weighted by atomic mass is 31.2. The van der Waals surface area contributed by atoms with Crippen molar-refractivity contribution in [2.24, 2.45) is 4.74 Å². The normalized spacial score (nSPS) is 14.0. The molecule has 0 amide bonds. The average molecular weight is 264 g/mol. The van der Waals surface area contributed by atoms with Crippen LogP contribution in [0.4, 0.5) is 0 Å². The van der Waals surface area contributed by atoms with Crippen LogP contribution < -0.4 is 0 Å². The highest BCUT2D eigenvalue weighted by molar-refractivity contribution is 7.59. The molecule has 4 nitrogen and oxygen atoms in total. The lowest BCUT2D eigenvalue weighted by molar-refractivity contribution is 0.472. The lowest BCUT2D eigenvalue weighted by Crippen LogP contribution is -2.33. The Hall–Kier alpha value is 0.327. The second-order valence-electron chi connectivity index (χ2n) is 5.94. The van der Waals surface area contributed by atoms with E-state index in [-0.39, 0.29) is 0 Å². The molecule has 0 aliphatic carbocycles. The second kappa shape index (κ2) is 5.78. The van der Waals surface area contributed by atoms with Gasteiger partial charge in [-0.25, -0.2) is 0 Å². The zero-order chi connectivity index (χ0) is 13.1. The van der Waals surface area contributed by atoms with E-state index in [9.17, 15) is 0 Å². The van der Waals surface area contributed by atoms with Crippen LogP contribution in [0, 0.1) is 0 Å². The maximum absolute atomic E-state index is 5.08. The van der Waals surface area contributed by atoms with Crippen LogP contribution in [0.5, 0.6) is 0 Å². The molecular weight excluding hydrogens is 235 g/mol. The van der Waals surface area contributed by atoms with Crippen molar-refractivity contribution in [1.29, 1.82) is 0 Å². The molecule has 0 spiro atoms. The van der Waals surface area contributed by atoms with Gasteiger partial charge in [0, 0.05) is 6.17 Å². The van der Waals surface area contributed by atoms with Gasteiger partial charge in [0.25, 0.3) is 0 Å². The maximum Gasteiger partial charge on any atom is 0.166 e. The van der Waals surface area contributed by atoms with Crippen LogP contribution in [-0.2, 0) is 0 Å². The van der Waals surface area contributed by atoms with Gasteiger partial charge in [0.2, 0.25) is 0 Å². The monoisotopic (exact) mass is 264 g/mol. The Kier molecular flexibility index (Phi) is 5.90. The third-order valence-corrected chi connectivity index (χ3v) is 7.46. The number of hydrogen-bond donors (Lipinski definition) is 0. The van der Waals surface area contributed by atoms with Crippen molar-refractivity contribution in [3.63, 3.8) is 0 Å². The van der Waals surface area contributed by atoms with Crippen molar-refractivity contribution >= 4 is 15.6 Å². The Bertz CT molecular complexity index is 240. The Morgan fingerprint density at radius 3 is 1.31 bits per heavy atom. The molecular formula is C10H29N4PSi. The molecule has 16 heavy (non-hydrogen) atoms. The summed E-state index contributed by atoms with van der Waals surface area (Å²) in [5.74, 6) is 0. The maximum atomic E-state index is 5.08. The lowest BCUT2D eigenvalue weighted by atomic mass is 11.2. The summed E-state index contributed by atoms with van der Waals surface area (Å²) in [4.78, 5) is 0. The summed E-state index contributed by atoms with van der Waals surface area (Å²) in [6.45, 7) is 7.10. The molecule has 0 heterocycles. The van der Waals surface area contributed by atoms with Crippen molar-refractivity contribution in [1.82, 2.24) is 14.0 Å². The van der Waals surface area contributed by atoms with Gasteiger partial charge in [-0.1, -0.05) is 19.6 Å². The number of rotatable bonds is 5. The highest BCUT2D eigenvalue weighted by Gasteiger charge is 2.29. The third kappa shape index (κ3) is 3.97. The van der Waals surface area contributed by atoms with Gasteiger partial charge in [0.1, 0.15) is 0 Å². The number of nitrogens with zero attached hydrogens (tertiary/aromatic N) is 4. The van der Waals surface area contributed by atoms with E-state index in [0.29, 0.717) is 0 Å². The molecule has 0 aliphatic heterocycles. The second-order valence-corrected chi connectivity index (χ2v) is 15.1. The summed E-state index contributed by atoms with van der Waals surface area (Å²) >= 11 is 0. The van der Waals surface area contributed by atoms with E-state index in [1.54, 1.807) is 0 Å². The third-order valence-electron chi connectivity index (χ3n) is 2.34. The predicted molar refractivity (Wildman–Crippen MR) is 78.6 cm³/mol. The van der Waals surface area contributed by atoms with Gasteiger partial charge in [-0.15, -0.1) is 0 Å². The van der Waals surface area contributed by atoms with Crippen molar-refractivity contribution in [2.45, 2.75) is 19.6 Å². The largest absolute Gasteiger partial charge is 0.264 e. The Morgan fingerprint density at radius 2 is 1.12 bits per heavy atom. The molecule has 0 fully saturated rings. The van der Waals surface area contributed by atoms with E-state index < -0.39 is 15.6 Å². The van der Waals surface area contributed by atoms with Crippen molar-refractivity contribution in [2.75, 3.05) is 48.5 Å². The molecule has 0 radical (unpaired) electrons. The average Bonchev–Trinajstić information content (AvgIpc) is 2.00. The summed E-state index contributed by atoms with van der Waals surface area (Å²) in [7, 11) is 9.99. The summed E-state index contributed by atoms with van der Waals surface area (Å²) in [6, 6.07) is 0. The number of hydrogen-bond acceptors (Lipinski definition) is 1. The van der Waals surface area contributed by atoms with Crippen molar-refractivity contribution in [3.05, 3.63) is 0 Å². The van der Waals surface area contributed by atoms with Crippen LogP contribution in [-0.4, -0.2) is 70.5 Å². The van der Waals surface area contributed by atoms with Gasteiger partial charge in [-0.3, -0.25) is 18.8 Å². The fourth-order valence-electron chi connectivity index (χ4n) is 1.76. The van der Waals surface area contributed by atoms with Gasteiger partial charge in [0.05, 0.1) is 8.07 Å². The fraction of sp³-hybridized carbons (Fsp3) is 1.00. The smallest absolute Gasteiger partial charge is 0.166 e. The van der Waals surface area contributed by atoms with Crippen LogP contribution in [0.3, 0.4) is 0 Å². The van der Waals surface area contributed by atoms with Crippen LogP contribution in [0.1, 0.15) is 0 Å². The minimum Gasteiger partial charge on any atom is -0.264 e. The zero-order valence-corrected chi connectivity index (χ0v) is 14.3. The molecule has 0 aliphatic rings. The van der Waals surface area contributed by atoms with Crippen molar-refractivity contribution < 1.29 is 0 Å². The van der Waals surface area contributed by atoms with E-state index in [1.807, 2.05) is 0 Å².